The maximum atomic E-state index is 13.1. The fraction of sp³-hybridized carbons (Fsp3) is 0.440. The molecule has 1 unspecified atom stereocenters. The molecule has 0 spiro atoms. The highest BCUT2D eigenvalue weighted by Crippen LogP contribution is 2.31. The van der Waals surface area contributed by atoms with Crippen LogP contribution in [0.25, 0.3) is 0 Å². The van der Waals surface area contributed by atoms with Crippen LogP contribution in [-0.2, 0) is 16.0 Å². The average molecular weight is 391 g/mol. The monoisotopic (exact) mass is 390 g/mol. The zero-order chi connectivity index (χ0) is 20.4. The van der Waals surface area contributed by atoms with Crippen molar-refractivity contribution in [2.24, 2.45) is 11.8 Å². The second kappa shape index (κ2) is 8.40. The molecule has 0 saturated carbocycles. The first-order valence-electron chi connectivity index (χ1n) is 10.7. The van der Waals surface area contributed by atoms with Crippen LogP contribution < -0.4 is 4.90 Å². The Hall–Kier alpha value is -2.62. The summed E-state index contributed by atoms with van der Waals surface area (Å²) >= 11 is 0. The number of benzene rings is 2. The van der Waals surface area contributed by atoms with Crippen molar-refractivity contribution < 1.29 is 9.59 Å². The topological polar surface area (TPSA) is 40.6 Å². The molecular weight excluding hydrogens is 360 g/mol. The van der Waals surface area contributed by atoms with Crippen LogP contribution in [0.15, 0.2) is 48.5 Å². The van der Waals surface area contributed by atoms with Crippen molar-refractivity contribution in [1.29, 1.82) is 0 Å². The van der Waals surface area contributed by atoms with Crippen LogP contribution in [0, 0.1) is 25.7 Å². The molecule has 0 N–H and O–H groups in total. The SMILES string of the molecule is Cc1cccc(N2CCC(C(=O)N3CCC(Cc4ccccc4)CC3)C2=O)c1C. The van der Waals surface area contributed by atoms with Gasteiger partial charge in [0.25, 0.3) is 0 Å². The summed E-state index contributed by atoms with van der Waals surface area (Å²) in [6.07, 6.45) is 3.73. The number of hydrogen-bond acceptors (Lipinski definition) is 2. The van der Waals surface area contributed by atoms with Crippen LogP contribution in [0.4, 0.5) is 5.69 Å². The molecule has 2 aliphatic heterocycles. The molecule has 2 fully saturated rings. The highest BCUT2D eigenvalue weighted by Gasteiger charge is 2.40. The van der Waals surface area contributed by atoms with Crippen LogP contribution in [0.1, 0.15) is 36.0 Å². The Morgan fingerprint density at radius 3 is 2.38 bits per heavy atom. The van der Waals surface area contributed by atoms with Crippen LogP contribution in [0.5, 0.6) is 0 Å². The van der Waals surface area contributed by atoms with E-state index in [0.29, 0.717) is 18.9 Å². The average Bonchev–Trinajstić information content (AvgIpc) is 3.12. The second-order valence-electron chi connectivity index (χ2n) is 8.51. The first-order chi connectivity index (χ1) is 14.0. The number of aryl methyl sites for hydroxylation is 1. The van der Waals surface area contributed by atoms with Gasteiger partial charge < -0.3 is 9.80 Å². The van der Waals surface area contributed by atoms with Crippen LogP contribution >= 0.6 is 0 Å². The highest BCUT2D eigenvalue weighted by molar-refractivity contribution is 6.10. The highest BCUT2D eigenvalue weighted by atomic mass is 16.2. The van der Waals surface area contributed by atoms with E-state index < -0.39 is 5.92 Å². The summed E-state index contributed by atoms with van der Waals surface area (Å²) in [4.78, 5) is 29.9. The lowest BCUT2D eigenvalue weighted by Gasteiger charge is -2.33. The van der Waals surface area contributed by atoms with Gasteiger partial charge in [0.1, 0.15) is 5.92 Å². The predicted octanol–water partition coefficient (Wildman–Crippen LogP) is 4.14. The van der Waals surface area contributed by atoms with Gasteiger partial charge in [-0.1, -0.05) is 42.5 Å². The van der Waals surface area contributed by atoms with E-state index in [-0.39, 0.29) is 11.8 Å². The molecule has 2 amide bonds. The maximum Gasteiger partial charge on any atom is 0.239 e. The van der Waals surface area contributed by atoms with Gasteiger partial charge in [-0.25, -0.2) is 0 Å². The van der Waals surface area contributed by atoms with Gasteiger partial charge >= 0.3 is 0 Å². The van der Waals surface area contributed by atoms with E-state index in [1.54, 1.807) is 0 Å². The molecule has 2 aromatic carbocycles. The van der Waals surface area contributed by atoms with Gasteiger partial charge in [0.15, 0.2) is 0 Å². The number of anilines is 1. The summed E-state index contributed by atoms with van der Waals surface area (Å²) in [5.41, 5.74) is 4.61. The van der Waals surface area contributed by atoms with E-state index in [1.165, 1.54) is 11.1 Å². The van der Waals surface area contributed by atoms with Crippen molar-refractivity contribution in [3.63, 3.8) is 0 Å². The van der Waals surface area contributed by atoms with Gasteiger partial charge in [-0.05, 0) is 68.2 Å². The number of carbonyl (C=O) groups is 2. The minimum atomic E-state index is -0.513. The Balaban J connectivity index is 1.36. The van der Waals surface area contributed by atoms with Gasteiger partial charge in [0, 0.05) is 25.3 Å². The molecule has 0 aliphatic carbocycles. The van der Waals surface area contributed by atoms with E-state index >= 15 is 0 Å². The molecular formula is C25H30N2O2. The summed E-state index contributed by atoms with van der Waals surface area (Å²) in [7, 11) is 0. The molecule has 4 heteroatoms. The molecule has 0 radical (unpaired) electrons. The molecule has 4 rings (SSSR count). The molecule has 29 heavy (non-hydrogen) atoms. The van der Waals surface area contributed by atoms with Gasteiger partial charge in [0.2, 0.25) is 11.8 Å². The third kappa shape index (κ3) is 4.07. The largest absolute Gasteiger partial charge is 0.342 e. The molecule has 2 saturated heterocycles. The lowest BCUT2D eigenvalue weighted by molar-refractivity contribution is -0.141. The Morgan fingerprint density at radius 2 is 1.66 bits per heavy atom. The molecule has 152 valence electrons. The van der Waals surface area contributed by atoms with E-state index in [2.05, 4.69) is 37.3 Å². The van der Waals surface area contributed by atoms with Gasteiger partial charge in [-0.2, -0.15) is 0 Å². The summed E-state index contributed by atoms with van der Waals surface area (Å²) in [6, 6.07) is 16.6. The van der Waals surface area contributed by atoms with Crippen molar-refractivity contribution >= 4 is 17.5 Å². The van der Waals surface area contributed by atoms with Crippen molar-refractivity contribution in [2.45, 2.75) is 39.5 Å². The minimum absolute atomic E-state index is 0.0287. The fourth-order valence-electron chi connectivity index (χ4n) is 4.70. The molecule has 0 aromatic heterocycles. The second-order valence-corrected chi connectivity index (χ2v) is 8.51. The van der Waals surface area contributed by atoms with Crippen LogP contribution in [-0.4, -0.2) is 36.3 Å². The molecule has 1 atom stereocenters. The zero-order valence-electron chi connectivity index (χ0n) is 17.4. The summed E-state index contributed by atoms with van der Waals surface area (Å²) < 4.78 is 0. The number of rotatable bonds is 4. The summed E-state index contributed by atoms with van der Waals surface area (Å²) in [6.45, 7) is 6.27. The maximum absolute atomic E-state index is 13.1. The van der Waals surface area contributed by atoms with Gasteiger partial charge in [-0.3, -0.25) is 9.59 Å². The van der Waals surface area contributed by atoms with E-state index in [4.69, 9.17) is 0 Å². The standard InChI is InChI=1S/C25H30N2O2/c1-18-7-6-10-23(19(18)2)27-16-13-22(25(27)29)24(28)26-14-11-21(12-15-26)17-20-8-4-3-5-9-20/h3-10,21-22H,11-17H2,1-2H3. The number of nitrogens with zero attached hydrogens (tertiary/aromatic N) is 2. The third-order valence-electron chi connectivity index (χ3n) is 6.66. The number of carbonyl (C=O) groups excluding carboxylic acids is 2. The fourth-order valence-corrected chi connectivity index (χ4v) is 4.70. The first kappa shape index (κ1) is 19.7. The Kier molecular flexibility index (Phi) is 5.70. The van der Waals surface area contributed by atoms with E-state index in [0.717, 1.165) is 43.6 Å². The minimum Gasteiger partial charge on any atom is -0.342 e. The van der Waals surface area contributed by atoms with Crippen molar-refractivity contribution in [2.75, 3.05) is 24.5 Å². The number of amides is 2. The molecule has 4 nitrogen and oxygen atoms in total. The summed E-state index contributed by atoms with van der Waals surface area (Å²) in [5, 5.41) is 0. The van der Waals surface area contributed by atoms with Crippen molar-refractivity contribution in [1.82, 2.24) is 4.90 Å². The Bertz CT molecular complexity index is 885. The van der Waals surface area contributed by atoms with Crippen LogP contribution in [0.3, 0.4) is 0 Å². The van der Waals surface area contributed by atoms with Crippen molar-refractivity contribution in [3.8, 4) is 0 Å². The molecule has 2 aromatic rings. The predicted molar refractivity (Wildman–Crippen MR) is 116 cm³/mol. The first-order valence-corrected chi connectivity index (χ1v) is 10.7. The lowest BCUT2D eigenvalue weighted by atomic mass is 9.89. The van der Waals surface area contributed by atoms with Crippen LogP contribution in [0.2, 0.25) is 0 Å². The number of hydrogen-bond donors (Lipinski definition) is 0. The Labute approximate surface area is 173 Å². The number of likely N-dealkylation sites (tertiary alicyclic amines) is 1. The van der Waals surface area contributed by atoms with Gasteiger partial charge in [0.05, 0.1) is 0 Å². The van der Waals surface area contributed by atoms with E-state index in [1.807, 2.05) is 34.9 Å². The number of piperidine rings is 1. The summed E-state index contributed by atoms with van der Waals surface area (Å²) in [5.74, 6) is 0.101. The smallest absolute Gasteiger partial charge is 0.239 e. The quantitative estimate of drug-likeness (QED) is 0.736. The molecule has 0 bridgehead atoms. The normalized spacial score (nSPS) is 20.3. The van der Waals surface area contributed by atoms with Gasteiger partial charge in [-0.15, -0.1) is 0 Å². The lowest BCUT2D eigenvalue weighted by Crippen LogP contribution is -2.44. The van der Waals surface area contributed by atoms with E-state index in [9.17, 15) is 9.59 Å². The van der Waals surface area contributed by atoms with Crippen molar-refractivity contribution in [3.05, 3.63) is 65.2 Å². The zero-order valence-corrected chi connectivity index (χ0v) is 17.4. The molecule has 2 heterocycles. The Morgan fingerprint density at radius 1 is 0.931 bits per heavy atom. The molecule has 2 aliphatic rings. The third-order valence-corrected chi connectivity index (χ3v) is 6.66.